The predicted molar refractivity (Wildman–Crippen MR) is 129 cm³/mol. The SMILES string of the molecule is C[C@@H](NC(=O)CNC1CC1)[C@H](NC(=O)c1ccc(C#CC=Cc2ccccc2)cc1)C(=O)NO. The highest BCUT2D eigenvalue weighted by molar-refractivity contribution is 5.98. The molecule has 0 bridgehead atoms. The van der Waals surface area contributed by atoms with Crippen molar-refractivity contribution in [3.05, 3.63) is 77.4 Å². The van der Waals surface area contributed by atoms with Crippen LogP contribution in [0.5, 0.6) is 0 Å². The molecule has 34 heavy (non-hydrogen) atoms. The van der Waals surface area contributed by atoms with Crippen molar-refractivity contribution in [3.8, 4) is 11.8 Å². The highest BCUT2D eigenvalue weighted by Gasteiger charge is 2.29. The molecule has 1 saturated carbocycles. The molecule has 0 aliphatic heterocycles. The summed E-state index contributed by atoms with van der Waals surface area (Å²) < 4.78 is 0. The Balaban J connectivity index is 1.57. The van der Waals surface area contributed by atoms with Gasteiger partial charge in [0.05, 0.1) is 12.6 Å². The normalized spacial score (nSPS) is 14.4. The van der Waals surface area contributed by atoms with Gasteiger partial charge in [0.15, 0.2) is 0 Å². The maximum atomic E-state index is 12.7. The Kier molecular flexibility index (Phi) is 8.97. The van der Waals surface area contributed by atoms with Crippen LogP contribution in [0.15, 0.2) is 60.7 Å². The Morgan fingerprint density at radius 1 is 1.06 bits per heavy atom. The lowest BCUT2D eigenvalue weighted by Gasteiger charge is -2.24. The van der Waals surface area contributed by atoms with E-state index in [0.717, 1.165) is 24.0 Å². The average molecular weight is 461 g/mol. The van der Waals surface area contributed by atoms with E-state index in [1.807, 2.05) is 36.4 Å². The van der Waals surface area contributed by atoms with Gasteiger partial charge in [-0.3, -0.25) is 19.6 Å². The number of hydroxylamine groups is 1. The van der Waals surface area contributed by atoms with Gasteiger partial charge in [-0.1, -0.05) is 42.2 Å². The molecule has 3 amide bonds. The summed E-state index contributed by atoms with van der Waals surface area (Å²) in [5.41, 5.74) is 3.63. The monoisotopic (exact) mass is 460 g/mol. The number of nitrogens with one attached hydrogen (secondary N) is 4. The maximum Gasteiger partial charge on any atom is 0.268 e. The molecule has 8 nitrogen and oxygen atoms in total. The van der Waals surface area contributed by atoms with Gasteiger partial charge < -0.3 is 16.0 Å². The number of rotatable bonds is 9. The van der Waals surface area contributed by atoms with Gasteiger partial charge in [0, 0.05) is 17.2 Å². The number of allylic oxidation sites excluding steroid dienone is 1. The Hall–Kier alpha value is -3.93. The molecule has 0 radical (unpaired) electrons. The zero-order valence-corrected chi connectivity index (χ0v) is 18.9. The average Bonchev–Trinajstić information content (AvgIpc) is 3.69. The standard InChI is InChI=1S/C26H28N4O4/c1-18(28-23(31)17-27-22-15-16-22)24(26(33)30-34)29-25(32)21-13-11-20(12-14-21)10-6-5-9-19-7-3-2-4-8-19/h2-5,7-9,11-14,18,22,24,27,34H,15-17H2,1H3,(H,28,31)(H,29,32)(H,30,33)/t18-,24+/m1/s1. The molecular weight excluding hydrogens is 432 g/mol. The van der Waals surface area contributed by atoms with Crippen molar-refractivity contribution in [3.63, 3.8) is 0 Å². The summed E-state index contributed by atoms with van der Waals surface area (Å²) in [6.45, 7) is 1.70. The van der Waals surface area contributed by atoms with Crippen molar-refractivity contribution in [1.82, 2.24) is 21.4 Å². The minimum Gasteiger partial charge on any atom is -0.350 e. The Morgan fingerprint density at radius 2 is 1.76 bits per heavy atom. The molecule has 0 spiro atoms. The lowest BCUT2D eigenvalue weighted by atomic mass is 10.1. The molecule has 2 aromatic rings. The van der Waals surface area contributed by atoms with Gasteiger partial charge in [0.2, 0.25) is 5.91 Å². The zero-order chi connectivity index (χ0) is 24.3. The third-order valence-corrected chi connectivity index (χ3v) is 5.22. The number of carbonyl (C=O) groups is 3. The smallest absolute Gasteiger partial charge is 0.268 e. The highest BCUT2D eigenvalue weighted by Crippen LogP contribution is 2.17. The molecule has 3 rings (SSSR count). The van der Waals surface area contributed by atoms with E-state index >= 15 is 0 Å². The van der Waals surface area contributed by atoms with Crippen LogP contribution < -0.4 is 21.4 Å². The first-order valence-corrected chi connectivity index (χ1v) is 11.1. The van der Waals surface area contributed by atoms with Gasteiger partial charge in [-0.15, -0.1) is 0 Å². The summed E-state index contributed by atoms with van der Waals surface area (Å²) >= 11 is 0. The van der Waals surface area contributed by atoms with Gasteiger partial charge in [0.1, 0.15) is 6.04 Å². The van der Waals surface area contributed by atoms with Gasteiger partial charge in [0.25, 0.3) is 11.8 Å². The molecule has 0 unspecified atom stereocenters. The van der Waals surface area contributed by atoms with E-state index in [9.17, 15) is 14.4 Å². The minimum absolute atomic E-state index is 0.124. The summed E-state index contributed by atoms with van der Waals surface area (Å²) in [4.78, 5) is 36.9. The quantitative estimate of drug-likeness (QED) is 0.221. The van der Waals surface area contributed by atoms with Crippen molar-refractivity contribution < 1.29 is 19.6 Å². The van der Waals surface area contributed by atoms with Gasteiger partial charge in [-0.25, -0.2) is 5.48 Å². The van der Waals surface area contributed by atoms with Crippen LogP contribution in [0.1, 0.15) is 41.3 Å². The fraction of sp³-hybridized carbons (Fsp3) is 0.269. The molecular formula is C26H28N4O4. The molecule has 1 aliphatic carbocycles. The summed E-state index contributed by atoms with van der Waals surface area (Å²) in [6.07, 6.45) is 5.75. The fourth-order valence-corrected chi connectivity index (χ4v) is 3.16. The van der Waals surface area contributed by atoms with Crippen LogP contribution in [0.4, 0.5) is 0 Å². The van der Waals surface area contributed by atoms with Crippen molar-refractivity contribution in [2.24, 2.45) is 0 Å². The van der Waals surface area contributed by atoms with Crippen molar-refractivity contribution in [2.45, 2.75) is 37.9 Å². The molecule has 2 atom stereocenters. The van der Waals surface area contributed by atoms with Gasteiger partial charge >= 0.3 is 0 Å². The Morgan fingerprint density at radius 3 is 2.41 bits per heavy atom. The first kappa shape index (κ1) is 24.7. The second-order valence-electron chi connectivity index (χ2n) is 8.03. The molecule has 2 aromatic carbocycles. The van der Waals surface area contributed by atoms with Crippen molar-refractivity contribution >= 4 is 23.8 Å². The van der Waals surface area contributed by atoms with Crippen molar-refractivity contribution in [2.75, 3.05) is 6.54 Å². The van der Waals surface area contributed by atoms with Crippen molar-refractivity contribution in [1.29, 1.82) is 0 Å². The van der Waals surface area contributed by atoms with Crippen LogP contribution >= 0.6 is 0 Å². The van der Waals surface area contributed by atoms with E-state index in [-0.39, 0.29) is 12.5 Å². The number of hydrogen-bond donors (Lipinski definition) is 5. The second-order valence-corrected chi connectivity index (χ2v) is 8.03. The topological polar surface area (TPSA) is 120 Å². The van der Waals surface area contributed by atoms with Crippen LogP contribution in [-0.2, 0) is 9.59 Å². The van der Waals surface area contributed by atoms with E-state index in [2.05, 4.69) is 27.8 Å². The maximum absolute atomic E-state index is 12.7. The molecule has 0 aromatic heterocycles. The molecule has 0 heterocycles. The summed E-state index contributed by atoms with van der Waals surface area (Å²) in [5, 5.41) is 17.4. The molecule has 0 saturated heterocycles. The largest absolute Gasteiger partial charge is 0.350 e. The first-order chi connectivity index (χ1) is 16.5. The second kappa shape index (κ2) is 12.3. The number of benzene rings is 2. The Labute approximate surface area is 198 Å². The predicted octanol–water partition coefficient (Wildman–Crippen LogP) is 1.61. The lowest BCUT2D eigenvalue weighted by molar-refractivity contribution is -0.132. The zero-order valence-electron chi connectivity index (χ0n) is 18.9. The summed E-state index contributed by atoms with van der Waals surface area (Å²) in [5.74, 6) is 4.30. The van der Waals surface area contributed by atoms with E-state index in [1.54, 1.807) is 42.7 Å². The van der Waals surface area contributed by atoms with Crippen LogP contribution in [0.2, 0.25) is 0 Å². The van der Waals surface area contributed by atoms with Gasteiger partial charge in [-0.2, -0.15) is 0 Å². The third kappa shape index (κ3) is 7.89. The Bertz CT molecular complexity index is 1080. The summed E-state index contributed by atoms with van der Waals surface area (Å²) in [6, 6.07) is 14.9. The highest BCUT2D eigenvalue weighted by atomic mass is 16.5. The van der Waals surface area contributed by atoms with Gasteiger partial charge in [-0.05, 0) is 61.7 Å². The number of amides is 3. The van der Waals surface area contributed by atoms with E-state index in [4.69, 9.17) is 5.21 Å². The minimum atomic E-state index is -1.16. The van der Waals surface area contributed by atoms with Crippen LogP contribution in [0.25, 0.3) is 6.08 Å². The lowest BCUT2D eigenvalue weighted by Crippen LogP contribution is -2.58. The fourth-order valence-electron chi connectivity index (χ4n) is 3.16. The molecule has 1 fully saturated rings. The number of carbonyl (C=O) groups excluding carboxylic acids is 3. The molecule has 5 N–H and O–H groups in total. The van der Waals surface area contributed by atoms with Crippen LogP contribution in [-0.4, -0.2) is 47.6 Å². The third-order valence-electron chi connectivity index (χ3n) is 5.22. The molecule has 1 aliphatic rings. The first-order valence-electron chi connectivity index (χ1n) is 11.1. The van der Waals surface area contributed by atoms with E-state index in [1.165, 1.54) is 0 Å². The molecule has 8 heteroatoms. The van der Waals surface area contributed by atoms with E-state index < -0.39 is 23.9 Å². The van der Waals surface area contributed by atoms with Crippen LogP contribution in [0.3, 0.4) is 0 Å². The summed E-state index contributed by atoms with van der Waals surface area (Å²) in [7, 11) is 0. The molecule has 176 valence electrons. The van der Waals surface area contributed by atoms with E-state index in [0.29, 0.717) is 11.6 Å². The number of hydrogen-bond acceptors (Lipinski definition) is 5. The van der Waals surface area contributed by atoms with Crippen LogP contribution in [0, 0.1) is 11.8 Å².